The predicted molar refractivity (Wildman–Crippen MR) is 85.1 cm³/mol. The molecule has 112 valence electrons. The lowest BCUT2D eigenvalue weighted by Gasteiger charge is -2.22. The summed E-state index contributed by atoms with van der Waals surface area (Å²) in [7, 11) is 0. The molecular weight excluding hydrogens is 246 g/mol. The molecule has 1 heterocycles. The molecule has 0 aromatic heterocycles. The van der Waals surface area contributed by atoms with Crippen molar-refractivity contribution < 1.29 is 4.74 Å². The minimum atomic E-state index is 0.457. The Kier molecular flexibility index (Phi) is 6.06. The van der Waals surface area contributed by atoms with Crippen molar-refractivity contribution in [1.29, 1.82) is 0 Å². The van der Waals surface area contributed by atoms with Crippen LogP contribution in [0.2, 0.25) is 0 Å². The van der Waals surface area contributed by atoms with Crippen molar-refractivity contribution in [3.8, 4) is 0 Å². The molecule has 3 unspecified atom stereocenters. The van der Waals surface area contributed by atoms with Gasteiger partial charge in [0.1, 0.15) is 0 Å². The molecule has 1 fully saturated rings. The molecule has 20 heavy (non-hydrogen) atoms. The molecule has 1 saturated heterocycles. The number of rotatable bonds is 7. The summed E-state index contributed by atoms with van der Waals surface area (Å²) in [6.07, 6.45) is 5.73. The first kappa shape index (κ1) is 15.5. The Balaban J connectivity index is 1.94. The highest BCUT2D eigenvalue weighted by Crippen LogP contribution is 2.26. The van der Waals surface area contributed by atoms with Gasteiger partial charge in [0.2, 0.25) is 0 Å². The van der Waals surface area contributed by atoms with Crippen LogP contribution < -0.4 is 5.32 Å². The Morgan fingerprint density at radius 3 is 2.75 bits per heavy atom. The molecule has 1 aliphatic heterocycles. The summed E-state index contributed by atoms with van der Waals surface area (Å²) in [5.41, 5.74) is 2.90. The van der Waals surface area contributed by atoms with E-state index >= 15 is 0 Å². The molecule has 2 heteroatoms. The number of hydrogen-bond donors (Lipinski definition) is 1. The molecule has 0 bridgehead atoms. The van der Waals surface area contributed by atoms with Gasteiger partial charge in [-0.05, 0) is 69.7 Å². The molecule has 3 atom stereocenters. The van der Waals surface area contributed by atoms with E-state index in [1.165, 1.54) is 30.4 Å². The van der Waals surface area contributed by atoms with Gasteiger partial charge < -0.3 is 10.1 Å². The number of aryl methyl sites for hydroxylation is 1. The predicted octanol–water partition coefficient (Wildman–Crippen LogP) is 3.72. The van der Waals surface area contributed by atoms with E-state index in [-0.39, 0.29) is 0 Å². The second-order valence-corrected chi connectivity index (χ2v) is 6.19. The van der Waals surface area contributed by atoms with Gasteiger partial charge in [0.25, 0.3) is 0 Å². The van der Waals surface area contributed by atoms with Crippen LogP contribution in [0.1, 0.15) is 44.2 Å². The Hall–Kier alpha value is -0.860. The first-order valence-electron chi connectivity index (χ1n) is 8.09. The van der Waals surface area contributed by atoms with Crippen LogP contribution in [0.5, 0.6) is 0 Å². The fraction of sp³-hybridized carbons (Fsp3) is 0.667. The normalized spacial score (nSPS) is 23.9. The first-order chi connectivity index (χ1) is 9.69. The quantitative estimate of drug-likeness (QED) is 0.819. The SMILES string of the molecule is CCNCC(Cc1ccccc1C)CC1CCC(C)O1. The summed E-state index contributed by atoms with van der Waals surface area (Å²) in [5.74, 6) is 0.673. The molecule has 1 N–H and O–H groups in total. The highest BCUT2D eigenvalue weighted by Gasteiger charge is 2.25. The molecule has 0 radical (unpaired) electrons. The molecular formula is C18H29NO. The maximum absolute atomic E-state index is 6.01. The summed E-state index contributed by atoms with van der Waals surface area (Å²) >= 11 is 0. The number of benzene rings is 1. The molecule has 1 aromatic carbocycles. The zero-order valence-corrected chi connectivity index (χ0v) is 13.2. The fourth-order valence-corrected chi connectivity index (χ4v) is 3.17. The number of nitrogens with one attached hydrogen (secondary N) is 1. The molecule has 1 aromatic rings. The fourth-order valence-electron chi connectivity index (χ4n) is 3.17. The Morgan fingerprint density at radius 1 is 1.30 bits per heavy atom. The van der Waals surface area contributed by atoms with Crippen molar-refractivity contribution in [2.24, 2.45) is 5.92 Å². The largest absolute Gasteiger partial charge is 0.375 e. The molecule has 2 nitrogen and oxygen atoms in total. The average Bonchev–Trinajstić information content (AvgIpc) is 2.84. The van der Waals surface area contributed by atoms with E-state index in [0.29, 0.717) is 18.1 Å². The third kappa shape index (κ3) is 4.60. The summed E-state index contributed by atoms with van der Waals surface area (Å²) in [6, 6.07) is 8.76. The zero-order chi connectivity index (χ0) is 14.4. The Bertz CT molecular complexity index is 404. The lowest BCUT2D eigenvalue weighted by Crippen LogP contribution is -2.27. The standard InChI is InChI=1S/C18H29NO/c1-4-19-13-16(12-18-10-9-15(3)20-18)11-17-8-6-5-7-14(17)2/h5-8,15-16,18-19H,4,9-13H2,1-3H3. The molecule has 0 amide bonds. The molecule has 0 aliphatic carbocycles. The maximum atomic E-state index is 6.01. The monoisotopic (exact) mass is 275 g/mol. The average molecular weight is 275 g/mol. The highest BCUT2D eigenvalue weighted by molar-refractivity contribution is 5.26. The van der Waals surface area contributed by atoms with Crippen LogP contribution in [0.4, 0.5) is 0 Å². The number of hydrogen-bond acceptors (Lipinski definition) is 2. The van der Waals surface area contributed by atoms with E-state index in [0.717, 1.165) is 19.5 Å². The summed E-state index contributed by atoms with van der Waals surface area (Å²) in [6.45, 7) is 8.73. The van der Waals surface area contributed by atoms with Crippen molar-refractivity contribution in [1.82, 2.24) is 5.32 Å². The number of ether oxygens (including phenoxy) is 1. The van der Waals surface area contributed by atoms with E-state index in [9.17, 15) is 0 Å². The lowest BCUT2D eigenvalue weighted by atomic mass is 9.91. The second kappa shape index (κ2) is 7.80. The molecule has 0 spiro atoms. The van der Waals surface area contributed by atoms with Crippen molar-refractivity contribution in [3.05, 3.63) is 35.4 Å². The maximum Gasteiger partial charge on any atom is 0.0583 e. The smallest absolute Gasteiger partial charge is 0.0583 e. The van der Waals surface area contributed by atoms with Gasteiger partial charge in [0.15, 0.2) is 0 Å². The third-order valence-corrected chi connectivity index (χ3v) is 4.37. The Morgan fingerprint density at radius 2 is 2.10 bits per heavy atom. The van der Waals surface area contributed by atoms with Gasteiger partial charge in [-0.25, -0.2) is 0 Å². The highest BCUT2D eigenvalue weighted by atomic mass is 16.5. The first-order valence-corrected chi connectivity index (χ1v) is 8.09. The van der Waals surface area contributed by atoms with Crippen molar-refractivity contribution >= 4 is 0 Å². The minimum absolute atomic E-state index is 0.457. The van der Waals surface area contributed by atoms with E-state index in [1.807, 2.05) is 0 Å². The van der Waals surface area contributed by atoms with Crippen LogP contribution in [-0.4, -0.2) is 25.3 Å². The third-order valence-electron chi connectivity index (χ3n) is 4.37. The van der Waals surface area contributed by atoms with Crippen LogP contribution >= 0.6 is 0 Å². The second-order valence-electron chi connectivity index (χ2n) is 6.19. The lowest BCUT2D eigenvalue weighted by molar-refractivity contribution is 0.0408. The molecule has 0 saturated carbocycles. The van der Waals surface area contributed by atoms with Crippen molar-refractivity contribution in [2.75, 3.05) is 13.1 Å². The summed E-state index contributed by atoms with van der Waals surface area (Å²) < 4.78 is 6.01. The van der Waals surface area contributed by atoms with Crippen LogP contribution in [0.25, 0.3) is 0 Å². The van der Waals surface area contributed by atoms with Gasteiger partial charge in [-0.2, -0.15) is 0 Å². The molecule has 2 rings (SSSR count). The van der Waals surface area contributed by atoms with E-state index < -0.39 is 0 Å². The van der Waals surface area contributed by atoms with Gasteiger partial charge in [-0.15, -0.1) is 0 Å². The topological polar surface area (TPSA) is 21.3 Å². The van der Waals surface area contributed by atoms with Gasteiger partial charge in [-0.1, -0.05) is 31.2 Å². The van der Waals surface area contributed by atoms with Crippen LogP contribution in [0.3, 0.4) is 0 Å². The zero-order valence-electron chi connectivity index (χ0n) is 13.2. The summed E-state index contributed by atoms with van der Waals surface area (Å²) in [5, 5.41) is 3.52. The van der Waals surface area contributed by atoms with Crippen LogP contribution in [0.15, 0.2) is 24.3 Å². The van der Waals surface area contributed by atoms with Gasteiger partial charge >= 0.3 is 0 Å². The van der Waals surface area contributed by atoms with Crippen LogP contribution in [-0.2, 0) is 11.2 Å². The van der Waals surface area contributed by atoms with Gasteiger partial charge in [0.05, 0.1) is 12.2 Å². The van der Waals surface area contributed by atoms with E-state index in [4.69, 9.17) is 4.74 Å². The Labute approximate surface area is 123 Å². The van der Waals surface area contributed by atoms with E-state index in [2.05, 4.69) is 50.4 Å². The minimum Gasteiger partial charge on any atom is -0.375 e. The van der Waals surface area contributed by atoms with Crippen molar-refractivity contribution in [2.45, 2.75) is 58.7 Å². The van der Waals surface area contributed by atoms with Gasteiger partial charge in [0, 0.05) is 0 Å². The van der Waals surface area contributed by atoms with Crippen LogP contribution in [0, 0.1) is 12.8 Å². The van der Waals surface area contributed by atoms with E-state index in [1.54, 1.807) is 0 Å². The molecule has 1 aliphatic rings. The van der Waals surface area contributed by atoms with Gasteiger partial charge in [-0.3, -0.25) is 0 Å². The van der Waals surface area contributed by atoms with Crippen molar-refractivity contribution in [3.63, 3.8) is 0 Å². The summed E-state index contributed by atoms with van der Waals surface area (Å²) in [4.78, 5) is 0.